The molecule has 0 radical (unpaired) electrons. The lowest BCUT2D eigenvalue weighted by molar-refractivity contribution is -0.154. The zero-order valence-corrected chi connectivity index (χ0v) is 13.8. The van der Waals surface area contributed by atoms with Crippen molar-refractivity contribution in [3.05, 3.63) is 0 Å². The average Bonchev–Trinajstić information content (AvgIpc) is 2.32. The van der Waals surface area contributed by atoms with Gasteiger partial charge >= 0.3 is 5.97 Å². The van der Waals surface area contributed by atoms with Gasteiger partial charge in [0.25, 0.3) is 0 Å². The lowest BCUT2D eigenvalue weighted by Gasteiger charge is -2.30. The van der Waals surface area contributed by atoms with Crippen LogP contribution in [0, 0.1) is 5.92 Å². The highest BCUT2D eigenvalue weighted by Gasteiger charge is 2.35. The number of hydrogen-bond acceptors (Lipinski definition) is 5. The molecule has 0 saturated heterocycles. The number of ether oxygens (including phenoxy) is 3. The van der Waals surface area contributed by atoms with Crippen molar-refractivity contribution < 1.29 is 19.0 Å². The summed E-state index contributed by atoms with van der Waals surface area (Å²) in [7, 11) is 0. The highest BCUT2D eigenvalue weighted by Crippen LogP contribution is 2.09. The normalized spacial score (nSPS) is 14.6. The Kier molecular flexibility index (Phi) is 9.80. The van der Waals surface area contributed by atoms with E-state index in [1.807, 2.05) is 13.8 Å². The minimum absolute atomic E-state index is 0.171. The van der Waals surface area contributed by atoms with Gasteiger partial charge in [-0.15, -0.1) is 0 Å². The van der Waals surface area contributed by atoms with Crippen LogP contribution in [-0.2, 0) is 19.0 Å². The highest BCUT2D eigenvalue weighted by atomic mass is 16.5. The maximum Gasteiger partial charge on any atom is 0.328 e. The minimum atomic E-state index is -0.817. The Morgan fingerprint density at radius 1 is 1.15 bits per heavy atom. The summed E-state index contributed by atoms with van der Waals surface area (Å²) >= 11 is 0. The fourth-order valence-electron chi connectivity index (χ4n) is 1.80. The quantitative estimate of drug-likeness (QED) is 0.466. The van der Waals surface area contributed by atoms with E-state index in [2.05, 4.69) is 19.2 Å². The Morgan fingerprint density at radius 3 is 2.25 bits per heavy atom. The van der Waals surface area contributed by atoms with E-state index >= 15 is 0 Å². The van der Waals surface area contributed by atoms with Crippen LogP contribution in [-0.4, -0.2) is 50.6 Å². The number of carbonyl (C=O) groups is 1. The largest absolute Gasteiger partial charge is 0.465 e. The molecule has 0 fully saturated rings. The van der Waals surface area contributed by atoms with Gasteiger partial charge in [0.2, 0.25) is 0 Å². The summed E-state index contributed by atoms with van der Waals surface area (Å²) < 4.78 is 16.1. The van der Waals surface area contributed by atoms with Crippen LogP contribution in [0.15, 0.2) is 0 Å². The average molecular weight is 289 g/mol. The Bertz CT molecular complexity index is 269. The molecule has 1 atom stereocenters. The second-order valence-electron chi connectivity index (χ2n) is 5.87. The van der Waals surface area contributed by atoms with Crippen LogP contribution in [0.1, 0.15) is 41.5 Å². The molecule has 1 unspecified atom stereocenters. The molecule has 0 aliphatic rings. The molecule has 0 aromatic rings. The first kappa shape index (κ1) is 19.4. The summed E-state index contributed by atoms with van der Waals surface area (Å²) in [5.41, 5.74) is -0.817. The zero-order valence-electron chi connectivity index (χ0n) is 13.8. The Labute approximate surface area is 123 Å². The third kappa shape index (κ3) is 8.51. The van der Waals surface area contributed by atoms with Crippen molar-refractivity contribution in [3.8, 4) is 0 Å². The SMILES string of the molecule is CCOC(=O)C(C)(COCCOCC(C)C)NC(C)C. The third-order valence-electron chi connectivity index (χ3n) is 2.55. The molecule has 0 amide bonds. The Hall–Kier alpha value is -0.650. The predicted molar refractivity (Wildman–Crippen MR) is 79.8 cm³/mol. The van der Waals surface area contributed by atoms with E-state index in [-0.39, 0.29) is 18.6 Å². The summed E-state index contributed by atoms with van der Waals surface area (Å²) in [6.07, 6.45) is 0. The minimum Gasteiger partial charge on any atom is -0.465 e. The van der Waals surface area contributed by atoms with Gasteiger partial charge in [0.1, 0.15) is 5.54 Å². The predicted octanol–water partition coefficient (Wildman–Crippen LogP) is 2.00. The lowest BCUT2D eigenvalue weighted by atomic mass is 10.0. The number of hydrogen-bond donors (Lipinski definition) is 1. The van der Waals surface area contributed by atoms with Crippen LogP contribution in [0.3, 0.4) is 0 Å². The Morgan fingerprint density at radius 2 is 1.75 bits per heavy atom. The fraction of sp³-hybridized carbons (Fsp3) is 0.933. The smallest absolute Gasteiger partial charge is 0.328 e. The van der Waals surface area contributed by atoms with Gasteiger partial charge in [-0.2, -0.15) is 0 Å². The van der Waals surface area contributed by atoms with E-state index in [4.69, 9.17) is 14.2 Å². The molecule has 0 rings (SSSR count). The van der Waals surface area contributed by atoms with Crippen molar-refractivity contribution in [3.63, 3.8) is 0 Å². The van der Waals surface area contributed by atoms with Gasteiger partial charge in [-0.1, -0.05) is 13.8 Å². The number of rotatable bonds is 11. The number of nitrogens with one attached hydrogen (secondary N) is 1. The van der Waals surface area contributed by atoms with Crippen LogP contribution < -0.4 is 5.32 Å². The topological polar surface area (TPSA) is 56.8 Å². The van der Waals surface area contributed by atoms with Gasteiger partial charge in [0, 0.05) is 12.6 Å². The number of carbonyl (C=O) groups excluding carboxylic acids is 1. The molecule has 0 aliphatic carbocycles. The first-order valence-corrected chi connectivity index (χ1v) is 7.42. The Balaban J connectivity index is 4.13. The summed E-state index contributed by atoms with van der Waals surface area (Å²) in [5, 5.41) is 3.21. The van der Waals surface area contributed by atoms with Gasteiger partial charge in [0.15, 0.2) is 0 Å². The molecule has 120 valence electrons. The van der Waals surface area contributed by atoms with Crippen LogP contribution in [0.25, 0.3) is 0 Å². The molecule has 0 aromatic heterocycles. The van der Waals surface area contributed by atoms with Gasteiger partial charge in [-0.3, -0.25) is 5.32 Å². The van der Waals surface area contributed by atoms with Crippen LogP contribution in [0.4, 0.5) is 0 Å². The molecule has 0 aromatic carbocycles. The first-order chi connectivity index (χ1) is 9.31. The molecule has 0 heterocycles. The van der Waals surface area contributed by atoms with E-state index < -0.39 is 5.54 Å². The molecule has 1 N–H and O–H groups in total. The lowest BCUT2D eigenvalue weighted by Crippen LogP contribution is -2.56. The third-order valence-corrected chi connectivity index (χ3v) is 2.55. The molecule has 0 saturated carbocycles. The van der Waals surface area contributed by atoms with E-state index in [0.29, 0.717) is 25.7 Å². The standard InChI is InChI=1S/C15H31NO4/c1-7-20-14(17)15(6,16-13(4)5)11-19-9-8-18-10-12(2)3/h12-13,16H,7-11H2,1-6H3. The van der Waals surface area contributed by atoms with Crippen molar-refractivity contribution in [2.45, 2.75) is 53.1 Å². The van der Waals surface area contributed by atoms with Gasteiger partial charge in [0.05, 0.1) is 26.4 Å². The van der Waals surface area contributed by atoms with Crippen molar-refractivity contribution >= 4 is 5.97 Å². The fourth-order valence-corrected chi connectivity index (χ4v) is 1.80. The summed E-state index contributed by atoms with van der Waals surface area (Å²) in [6.45, 7) is 14.2. The second-order valence-corrected chi connectivity index (χ2v) is 5.87. The molecular weight excluding hydrogens is 258 g/mol. The van der Waals surface area contributed by atoms with Crippen molar-refractivity contribution in [1.82, 2.24) is 5.32 Å². The molecule has 0 aliphatic heterocycles. The van der Waals surface area contributed by atoms with E-state index in [9.17, 15) is 4.79 Å². The molecule has 0 spiro atoms. The molecule has 0 bridgehead atoms. The number of esters is 1. The molecular formula is C15H31NO4. The van der Waals surface area contributed by atoms with Crippen molar-refractivity contribution in [2.24, 2.45) is 5.92 Å². The molecule has 20 heavy (non-hydrogen) atoms. The van der Waals surface area contributed by atoms with Crippen molar-refractivity contribution in [2.75, 3.05) is 33.0 Å². The molecule has 5 heteroatoms. The first-order valence-electron chi connectivity index (χ1n) is 7.42. The summed E-state index contributed by atoms with van der Waals surface area (Å²) in [5.74, 6) is 0.235. The maximum absolute atomic E-state index is 12.0. The summed E-state index contributed by atoms with van der Waals surface area (Å²) in [6, 6.07) is 0.171. The maximum atomic E-state index is 12.0. The van der Waals surface area contributed by atoms with Crippen LogP contribution >= 0.6 is 0 Å². The zero-order chi connectivity index (χ0) is 15.6. The van der Waals surface area contributed by atoms with Gasteiger partial charge < -0.3 is 14.2 Å². The van der Waals surface area contributed by atoms with Gasteiger partial charge in [-0.05, 0) is 33.6 Å². The van der Waals surface area contributed by atoms with E-state index in [1.54, 1.807) is 13.8 Å². The van der Waals surface area contributed by atoms with Crippen LogP contribution in [0.2, 0.25) is 0 Å². The van der Waals surface area contributed by atoms with Crippen molar-refractivity contribution in [1.29, 1.82) is 0 Å². The highest BCUT2D eigenvalue weighted by molar-refractivity contribution is 5.80. The second kappa shape index (κ2) is 10.1. The van der Waals surface area contributed by atoms with E-state index in [1.165, 1.54) is 0 Å². The van der Waals surface area contributed by atoms with Crippen LogP contribution in [0.5, 0.6) is 0 Å². The van der Waals surface area contributed by atoms with Gasteiger partial charge in [-0.25, -0.2) is 4.79 Å². The molecule has 5 nitrogen and oxygen atoms in total. The summed E-state index contributed by atoms with van der Waals surface area (Å²) in [4.78, 5) is 12.0. The van der Waals surface area contributed by atoms with E-state index in [0.717, 1.165) is 6.61 Å². The monoisotopic (exact) mass is 289 g/mol.